The van der Waals surface area contributed by atoms with Gasteiger partial charge in [0.2, 0.25) is 5.91 Å². The Morgan fingerprint density at radius 3 is 2.52 bits per heavy atom. The first-order chi connectivity index (χ1) is 9.74. The van der Waals surface area contributed by atoms with Crippen molar-refractivity contribution in [3.05, 3.63) is 35.9 Å². The fraction of sp³-hybridized carbons (Fsp3) is 0.375. The number of hydrogen-bond donors (Lipinski definition) is 1. The molecule has 0 saturated heterocycles. The first kappa shape index (κ1) is 16.8. The van der Waals surface area contributed by atoms with Gasteiger partial charge in [-0.2, -0.15) is 0 Å². The summed E-state index contributed by atoms with van der Waals surface area (Å²) in [5.41, 5.74) is 0.251. The Bertz CT molecular complexity index is 543. The third-order valence-electron chi connectivity index (χ3n) is 2.88. The van der Waals surface area contributed by atoms with Crippen LogP contribution in [0.1, 0.15) is 26.3 Å². The van der Waals surface area contributed by atoms with E-state index in [2.05, 4.69) is 0 Å². The summed E-state index contributed by atoms with van der Waals surface area (Å²) in [5, 5.41) is 8.92. The Hall–Kier alpha value is -2.30. The Kier molecular flexibility index (Phi) is 5.52. The number of ether oxygens (including phenoxy) is 1. The number of hydrogen-bond acceptors (Lipinski definition) is 3. The van der Waals surface area contributed by atoms with Crippen LogP contribution < -0.4 is 4.74 Å². The van der Waals surface area contributed by atoms with Crippen LogP contribution in [-0.4, -0.2) is 41.1 Å². The summed E-state index contributed by atoms with van der Waals surface area (Å²) in [6, 6.07) is 7.26. The van der Waals surface area contributed by atoms with Crippen molar-refractivity contribution < 1.29 is 19.4 Å². The fourth-order valence-corrected chi connectivity index (χ4v) is 1.78. The maximum atomic E-state index is 12.2. The average molecular weight is 291 g/mol. The fourth-order valence-electron chi connectivity index (χ4n) is 1.78. The highest BCUT2D eigenvalue weighted by molar-refractivity contribution is 5.94. The van der Waals surface area contributed by atoms with E-state index in [1.807, 2.05) is 18.2 Å². The SMILES string of the molecule is COc1cccc(C=CC(=O)N(CC(=O)O)C(C)(C)C)c1. The molecule has 0 aliphatic heterocycles. The van der Waals surface area contributed by atoms with Crippen LogP contribution in [0.5, 0.6) is 5.75 Å². The molecule has 0 unspecified atom stereocenters. The van der Waals surface area contributed by atoms with Gasteiger partial charge in [-0.3, -0.25) is 9.59 Å². The molecule has 5 nitrogen and oxygen atoms in total. The Morgan fingerprint density at radius 2 is 2.00 bits per heavy atom. The molecule has 0 radical (unpaired) electrons. The maximum Gasteiger partial charge on any atom is 0.323 e. The lowest BCUT2D eigenvalue weighted by Crippen LogP contribution is -2.47. The number of benzene rings is 1. The molecular formula is C16H21NO4. The quantitative estimate of drug-likeness (QED) is 0.846. The number of carbonyl (C=O) groups excluding carboxylic acids is 1. The maximum absolute atomic E-state index is 12.2. The largest absolute Gasteiger partial charge is 0.497 e. The van der Waals surface area contributed by atoms with E-state index >= 15 is 0 Å². The number of methoxy groups -OCH3 is 1. The minimum atomic E-state index is -1.03. The highest BCUT2D eigenvalue weighted by Gasteiger charge is 2.26. The van der Waals surface area contributed by atoms with Gasteiger partial charge < -0.3 is 14.7 Å². The van der Waals surface area contributed by atoms with Crippen molar-refractivity contribution in [3.8, 4) is 5.75 Å². The van der Waals surface area contributed by atoms with Gasteiger partial charge in [0.1, 0.15) is 12.3 Å². The topological polar surface area (TPSA) is 66.8 Å². The molecule has 1 amide bonds. The van der Waals surface area contributed by atoms with Crippen LogP contribution in [0.4, 0.5) is 0 Å². The van der Waals surface area contributed by atoms with Gasteiger partial charge in [0, 0.05) is 11.6 Å². The zero-order chi connectivity index (χ0) is 16.0. The number of carboxylic acid groups (broad SMARTS) is 1. The van der Waals surface area contributed by atoms with E-state index in [4.69, 9.17) is 9.84 Å². The number of carbonyl (C=O) groups is 2. The van der Waals surface area contributed by atoms with Crippen molar-refractivity contribution in [2.24, 2.45) is 0 Å². The van der Waals surface area contributed by atoms with E-state index in [1.165, 1.54) is 11.0 Å². The van der Waals surface area contributed by atoms with Crippen molar-refractivity contribution in [2.75, 3.05) is 13.7 Å². The Labute approximate surface area is 124 Å². The summed E-state index contributed by atoms with van der Waals surface area (Å²) in [6.45, 7) is 5.07. The number of carboxylic acids is 1. The molecule has 0 aliphatic rings. The lowest BCUT2D eigenvalue weighted by Gasteiger charge is -2.33. The lowest BCUT2D eigenvalue weighted by atomic mass is 10.1. The summed E-state index contributed by atoms with van der Waals surface area (Å²) >= 11 is 0. The summed E-state index contributed by atoms with van der Waals surface area (Å²) in [5.74, 6) is -0.677. The monoisotopic (exact) mass is 291 g/mol. The lowest BCUT2D eigenvalue weighted by molar-refractivity contribution is -0.145. The number of aliphatic carboxylic acids is 1. The number of rotatable bonds is 5. The minimum Gasteiger partial charge on any atom is -0.497 e. The summed E-state index contributed by atoms with van der Waals surface area (Å²) in [4.78, 5) is 24.4. The third kappa shape index (κ3) is 5.30. The van der Waals surface area contributed by atoms with Crippen LogP contribution >= 0.6 is 0 Å². The van der Waals surface area contributed by atoms with Gasteiger partial charge in [-0.25, -0.2) is 0 Å². The molecule has 1 aromatic carbocycles. The highest BCUT2D eigenvalue weighted by Crippen LogP contribution is 2.16. The van der Waals surface area contributed by atoms with Gasteiger partial charge >= 0.3 is 5.97 Å². The molecule has 21 heavy (non-hydrogen) atoms. The smallest absolute Gasteiger partial charge is 0.323 e. The molecule has 0 aliphatic carbocycles. The second kappa shape index (κ2) is 6.92. The van der Waals surface area contributed by atoms with Gasteiger partial charge in [0.25, 0.3) is 0 Å². The van der Waals surface area contributed by atoms with Crippen molar-refractivity contribution in [2.45, 2.75) is 26.3 Å². The van der Waals surface area contributed by atoms with Crippen LogP contribution in [-0.2, 0) is 9.59 Å². The molecule has 114 valence electrons. The van der Waals surface area contributed by atoms with E-state index in [-0.39, 0.29) is 12.5 Å². The summed E-state index contributed by atoms with van der Waals surface area (Å²) in [7, 11) is 1.57. The molecular weight excluding hydrogens is 270 g/mol. The molecule has 0 saturated carbocycles. The normalized spacial score (nSPS) is 11.4. The third-order valence-corrected chi connectivity index (χ3v) is 2.88. The van der Waals surface area contributed by atoms with Gasteiger partial charge in [-0.1, -0.05) is 12.1 Å². The van der Waals surface area contributed by atoms with E-state index < -0.39 is 11.5 Å². The molecule has 0 atom stereocenters. The van der Waals surface area contributed by atoms with Crippen LogP contribution in [0, 0.1) is 0 Å². The van der Waals surface area contributed by atoms with E-state index in [0.717, 1.165) is 5.56 Å². The number of nitrogens with zero attached hydrogens (tertiary/aromatic N) is 1. The number of amides is 1. The molecule has 0 bridgehead atoms. The molecule has 1 N–H and O–H groups in total. The second-order valence-corrected chi connectivity index (χ2v) is 5.60. The van der Waals surface area contributed by atoms with Crippen LogP contribution in [0.15, 0.2) is 30.3 Å². The molecule has 0 aromatic heterocycles. The van der Waals surface area contributed by atoms with Crippen LogP contribution in [0.3, 0.4) is 0 Å². The van der Waals surface area contributed by atoms with Crippen molar-refractivity contribution in [1.29, 1.82) is 0 Å². The van der Waals surface area contributed by atoms with Gasteiger partial charge in [-0.15, -0.1) is 0 Å². The standard InChI is InChI=1S/C16H21NO4/c1-16(2,3)17(11-15(19)20)14(18)9-8-12-6-5-7-13(10-12)21-4/h5-10H,11H2,1-4H3,(H,19,20). The first-order valence-electron chi connectivity index (χ1n) is 6.59. The predicted molar refractivity (Wildman–Crippen MR) is 81.1 cm³/mol. The van der Waals surface area contributed by atoms with E-state index in [9.17, 15) is 9.59 Å². The summed E-state index contributed by atoms with van der Waals surface area (Å²) < 4.78 is 5.11. The van der Waals surface area contributed by atoms with Gasteiger partial charge in [0.15, 0.2) is 0 Å². The zero-order valence-electron chi connectivity index (χ0n) is 12.8. The minimum absolute atomic E-state index is 0.329. The molecule has 1 rings (SSSR count). The van der Waals surface area contributed by atoms with E-state index in [1.54, 1.807) is 40.0 Å². The van der Waals surface area contributed by atoms with Crippen LogP contribution in [0.2, 0.25) is 0 Å². The molecule has 1 aromatic rings. The molecule has 0 fully saturated rings. The first-order valence-corrected chi connectivity index (χ1v) is 6.59. The van der Waals surface area contributed by atoms with Gasteiger partial charge in [0.05, 0.1) is 7.11 Å². The van der Waals surface area contributed by atoms with Crippen molar-refractivity contribution in [3.63, 3.8) is 0 Å². The van der Waals surface area contributed by atoms with E-state index in [0.29, 0.717) is 5.75 Å². The van der Waals surface area contributed by atoms with Crippen molar-refractivity contribution >= 4 is 18.0 Å². The molecule has 0 spiro atoms. The van der Waals surface area contributed by atoms with Gasteiger partial charge in [-0.05, 0) is 44.5 Å². The van der Waals surface area contributed by atoms with Crippen LogP contribution in [0.25, 0.3) is 6.08 Å². The summed E-state index contributed by atoms with van der Waals surface area (Å²) in [6.07, 6.45) is 3.02. The average Bonchev–Trinajstić information content (AvgIpc) is 2.41. The Balaban J connectivity index is 2.90. The molecule has 0 heterocycles. The zero-order valence-corrected chi connectivity index (χ0v) is 12.8. The highest BCUT2D eigenvalue weighted by atomic mass is 16.5. The molecule has 5 heteroatoms. The Morgan fingerprint density at radius 1 is 1.33 bits per heavy atom. The van der Waals surface area contributed by atoms with Crippen molar-refractivity contribution in [1.82, 2.24) is 4.90 Å². The second-order valence-electron chi connectivity index (χ2n) is 5.60. The predicted octanol–water partition coefficient (Wildman–Crippen LogP) is 2.42.